The minimum absolute atomic E-state index is 0.375. The maximum atomic E-state index is 5.98. The molecule has 1 saturated heterocycles. The quantitative estimate of drug-likeness (QED) is 0.624. The van der Waals surface area contributed by atoms with E-state index in [0.717, 1.165) is 42.3 Å². The number of methoxy groups -OCH3 is 2. The molecule has 7 heteroatoms. The number of oxazole rings is 1. The van der Waals surface area contributed by atoms with Crippen molar-refractivity contribution in [3.8, 4) is 23.0 Å². The van der Waals surface area contributed by atoms with Gasteiger partial charge in [0, 0.05) is 24.2 Å². The first kappa shape index (κ1) is 18.0. The summed E-state index contributed by atoms with van der Waals surface area (Å²) in [7, 11) is 3.27. The third-order valence-electron chi connectivity index (χ3n) is 4.98. The van der Waals surface area contributed by atoms with Gasteiger partial charge < -0.3 is 13.9 Å². The Kier molecular flexibility index (Phi) is 5.13. The Balaban J connectivity index is 1.59. The van der Waals surface area contributed by atoms with Crippen molar-refractivity contribution >= 4 is 11.3 Å². The van der Waals surface area contributed by atoms with Gasteiger partial charge in [-0.05, 0) is 38.4 Å². The standard InChI is InChI=1S/C20H23N3O3S/c1-13-16(12-23-9-4-5-17(23)20-21-8-10-27-20)22-19(26-13)15-7-6-14(24-2)11-18(15)25-3/h6-8,10-11,17H,4-5,9,12H2,1-3H3/t17-/m0/s1. The van der Waals surface area contributed by atoms with E-state index in [2.05, 4.69) is 9.88 Å². The molecular weight excluding hydrogens is 362 g/mol. The normalized spacial score (nSPS) is 17.4. The number of ether oxygens (including phenoxy) is 2. The number of rotatable bonds is 6. The van der Waals surface area contributed by atoms with Gasteiger partial charge in [-0.25, -0.2) is 9.97 Å². The first-order valence-electron chi connectivity index (χ1n) is 9.01. The summed E-state index contributed by atoms with van der Waals surface area (Å²) in [4.78, 5) is 11.7. The molecule has 1 fully saturated rings. The highest BCUT2D eigenvalue weighted by molar-refractivity contribution is 7.09. The molecule has 0 N–H and O–H groups in total. The number of benzene rings is 1. The zero-order valence-corrected chi connectivity index (χ0v) is 16.6. The molecule has 3 heterocycles. The Morgan fingerprint density at radius 3 is 2.93 bits per heavy atom. The van der Waals surface area contributed by atoms with Crippen molar-refractivity contribution in [2.24, 2.45) is 0 Å². The van der Waals surface area contributed by atoms with Gasteiger partial charge >= 0.3 is 0 Å². The molecule has 142 valence electrons. The lowest BCUT2D eigenvalue weighted by atomic mass is 10.2. The second-order valence-electron chi connectivity index (χ2n) is 6.59. The average molecular weight is 385 g/mol. The summed E-state index contributed by atoms with van der Waals surface area (Å²) in [6, 6.07) is 6.02. The van der Waals surface area contributed by atoms with Gasteiger partial charge in [-0.1, -0.05) is 0 Å². The fourth-order valence-corrected chi connectivity index (χ4v) is 4.36. The van der Waals surface area contributed by atoms with Crippen LogP contribution in [0.15, 0.2) is 34.2 Å². The van der Waals surface area contributed by atoms with E-state index in [1.165, 1.54) is 11.4 Å². The van der Waals surface area contributed by atoms with Crippen LogP contribution in [0.1, 0.15) is 35.3 Å². The van der Waals surface area contributed by atoms with Crippen molar-refractivity contribution in [3.05, 3.63) is 46.2 Å². The predicted molar refractivity (Wildman–Crippen MR) is 104 cm³/mol. The zero-order chi connectivity index (χ0) is 18.8. The van der Waals surface area contributed by atoms with Crippen LogP contribution in [0.25, 0.3) is 11.5 Å². The molecule has 27 heavy (non-hydrogen) atoms. The number of likely N-dealkylation sites (tertiary alicyclic amines) is 1. The van der Waals surface area contributed by atoms with Crippen LogP contribution in [0.2, 0.25) is 0 Å². The van der Waals surface area contributed by atoms with Gasteiger partial charge in [0.15, 0.2) is 0 Å². The molecule has 0 amide bonds. The lowest BCUT2D eigenvalue weighted by molar-refractivity contribution is 0.244. The topological polar surface area (TPSA) is 60.6 Å². The van der Waals surface area contributed by atoms with Crippen LogP contribution in [0, 0.1) is 6.92 Å². The molecule has 0 radical (unpaired) electrons. The second kappa shape index (κ2) is 7.70. The van der Waals surface area contributed by atoms with Gasteiger partial charge in [0.2, 0.25) is 5.89 Å². The fourth-order valence-electron chi connectivity index (χ4n) is 3.55. The van der Waals surface area contributed by atoms with Crippen molar-refractivity contribution in [1.29, 1.82) is 0 Å². The minimum Gasteiger partial charge on any atom is -0.497 e. The van der Waals surface area contributed by atoms with Crippen LogP contribution in [-0.2, 0) is 6.54 Å². The van der Waals surface area contributed by atoms with E-state index in [4.69, 9.17) is 18.9 Å². The Morgan fingerprint density at radius 2 is 2.19 bits per heavy atom. The van der Waals surface area contributed by atoms with Gasteiger partial charge in [0.25, 0.3) is 0 Å². The Bertz CT molecular complexity index is 907. The van der Waals surface area contributed by atoms with Crippen molar-refractivity contribution in [1.82, 2.24) is 14.9 Å². The summed E-state index contributed by atoms with van der Waals surface area (Å²) in [5.74, 6) is 2.84. The SMILES string of the molecule is COc1ccc(-c2nc(CN3CCC[C@H]3c3nccs3)c(C)o2)c(OC)c1. The molecule has 4 rings (SSSR count). The van der Waals surface area contributed by atoms with Crippen molar-refractivity contribution in [2.45, 2.75) is 32.4 Å². The lowest BCUT2D eigenvalue weighted by Gasteiger charge is -2.21. The van der Waals surface area contributed by atoms with Crippen LogP contribution < -0.4 is 9.47 Å². The van der Waals surface area contributed by atoms with E-state index in [1.807, 2.05) is 36.7 Å². The van der Waals surface area contributed by atoms with Crippen LogP contribution >= 0.6 is 11.3 Å². The number of thiazole rings is 1. The molecule has 3 aromatic rings. The number of nitrogens with zero attached hydrogens (tertiary/aromatic N) is 3. The summed E-state index contributed by atoms with van der Waals surface area (Å²) >= 11 is 1.72. The molecule has 2 aromatic heterocycles. The first-order chi connectivity index (χ1) is 13.2. The predicted octanol–water partition coefficient (Wildman–Crippen LogP) is 4.46. The number of aryl methyl sites for hydroxylation is 1. The summed E-state index contributed by atoms with van der Waals surface area (Å²) in [6.07, 6.45) is 4.20. The van der Waals surface area contributed by atoms with E-state index >= 15 is 0 Å². The third kappa shape index (κ3) is 3.57. The second-order valence-corrected chi connectivity index (χ2v) is 7.51. The highest BCUT2D eigenvalue weighted by Gasteiger charge is 2.29. The molecule has 1 aromatic carbocycles. The summed E-state index contributed by atoms with van der Waals surface area (Å²) in [5.41, 5.74) is 1.79. The molecular formula is C20H23N3O3S. The van der Waals surface area contributed by atoms with E-state index in [1.54, 1.807) is 25.6 Å². The number of hydrogen-bond acceptors (Lipinski definition) is 7. The molecule has 1 aliphatic rings. The molecule has 1 atom stereocenters. The van der Waals surface area contributed by atoms with Crippen LogP contribution in [0.3, 0.4) is 0 Å². The van der Waals surface area contributed by atoms with Crippen molar-refractivity contribution in [3.63, 3.8) is 0 Å². The number of aromatic nitrogens is 2. The van der Waals surface area contributed by atoms with Gasteiger partial charge in [-0.2, -0.15) is 0 Å². The first-order valence-corrected chi connectivity index (χ1v) is 9.89. The van der Waals surface area contributed by atoms with Crippen LogP contribution in [0.5, 0.6) is 11.5 Å². The van der Waals surface area contributed by atoms with Gasteiger partial charge in [-0.3, -0.25) is 4.90 Å². The number of hydrogen-bond donors (Lipinski definition) is 0. The lowest BCUT2D eigenvalue weighted by Crippen LogP contribution is -2.23. The Hall–Kier alpha value is -2.38. The zero-order valence-electron chi connectivity index (χ0n) is 15.8. The monoisotopic (exact) mass is 385 g/mol. The fraction of sp³-hybridized carbons (Fsp3) is 0.400. The molecule has 0 saturated carbocycles. The molecule has 0 spiro atoms. The smallest absolute Gasteiger partial charge is 0.230 e. The third-order valence-corrected chi connectivity index (χ3v) is 5.86. The van der Waals surface area contributed by atoms with E-state index in [9.17, 15) is 0 Å². The van der Waals surface area contributed by atoms with Crippen LogP contribution in [-0.4, -0.2) is 35.6 Å². The van der Waals surface area contributed by atoms with Crippen molar-refractivity contribution in [2.75, 3.05) is 20.8 Å². The minimum atomic E-state index is 0.375. The van der Waals surface area contributed by atoms with Gasteiger partial charge in [0.05, 0.1) is 31.5 Å². The van der Waals surface area contributed by atoms with E-state index in [-0.39, 0.29) is 0 Å². The molecule has 0 aliphatic carbocycles. The van der Waals surface area contributed by atoms with E-state index < -0.39 is 0 Å². The highest BCUT2D eigenvalue weighted by Crippen LogP contribution is 2.36. The highest BCUT2D eigenvalue weighted by atomic mass is 32.1. The maximum absolute atomic E-state index is 5.98. The molecule has 0 bridgehead atoms. The summed E-state index contributed by atoms with van der Waals surface area (Å²) in [5, 5.41) is 3.23. The van der Waals surface area contributed by atoms with Crippen LogP contribution in [0.4, 0.5) is 0 Å². The molecule has 1 aliphatic heterocycles. The van der Waals surface area contributed by atoms with Gasteiger partial charge in [-0.15, -0.1) is 11.3 Å². The molecule has 0 unspecified atom stereocenters. The summed E-state index contributed by atoms with van der Waals surface area (Å²) in [6.45, 7) is 3.78. The molecule has 6 nitrogen and oxygen atoms in total. The largest absolute Gasteiger partial charge is 0.497 e. The maximum Gasteiger partial charge on any atom is 0.230 e. The van der Waals surface area contributed by atoms with E-state index in [0.29, 0.717) is 17.7 Å². The van der Waals surface area contributed by atoms with Crippen molar-refractivity contribution < 1.29 is 13.9 Å². The van der Waals surface area contributed by atoms with Gasteiger partial charge in [0.1, 0.15) is 22.3 Å². The summed E-state index contributed by atoms with van der Waals surface area (Å²) < 4.78 is 16.7. The Labute approximate surface area is 162 Å². The average Bonchev–Trinajstić information content (AvgIpc) is 3.43. The Morgan fingerprint density at radius 1 is 1.30 bits per heavy atom.